The van der Waals surface area contributed by atoms with E-state index < -0.39 is 12.0 Å². The maximum atomic E-state index is 11.0. The normalized spacial score (nSPS) is 11.9. The molecule has 0 spiro atoms. The van der Waals surface area contributed by atoms with E-state index in [1.54, 1.807) is 6.07 Å². The van der Waals surface area contributed by atoms with Crippen LogP contribution in [0.5, 0.6) is 11.5 Å². The minimum Gasteiger partial charge on any atom is -0.507 e. The van der Waals surface area contributed by atoms with Crippen LogP contribution < -0.4 is 15.8 Å². The molecule has 0 aliphatic carbocycles. The van der Waals surface area contributed by atoms with Crippen LogP contribution in [-0.2, 0) is 0 Å². The summed E-state index contributed by atoms with van der Waals surface area (Å²) in [6, 6.07) is 13.9. The first kappa shape index (κ1) is 17.8. The minimum absolute atomic E-state index is 0.0684. The summed E-state index contributed by atoms with van der Waals surface area (Å²) in [5.41, 5.74) is 6.07. The Morgan fingerprint density at radius 2 is 1.96 bits per heavy atom. The van der Waals surface area contributed by atoms with Crippen LogP contribution in [0.4, 0.5) is 0 Å². The van der Waals surface area contributed by atoms with Crippen LogP contribution in [0.2, 0.25) is 0 Å². The van der Waals surface area contributed by atoms with Crippen LogP contribution in [0.15, 0.2) is 48.5 Å². The molecule has 24 heavy (non-hydrogen) atoms. The Balaban J connectivity index is 1.65. The first-order valence-corrected chi connectivity index (χ1v) is 7.77. The number of rotatable bonds is 9. The molecule has 0 bridgehead atoms. The highest BCUT2D eigenvalue weighted by atomic mass is 16.5. The average Bonchev–Trinajstić information content (AvgIpc) is 2.58. The van der Waals surface area contributed by atoms with E-state index in [2.05, 4.69) is 5.32 Å². The quantitative estimate of drug-likeness (QED) is 0.523. The fourth-order valence-electron chi connectivity index (χ4n) is 2.23. The molecular formula is C18H22N2O4. The summed E-state index contributed by atoms with van der Waals surface area (Å²) in [6.07, 6.45) is 0.199. The summed E-state index contributed by atoms with van der Waals surface area (Å²) in [6.45, 7) is 1.61. The summed E-state index contributed by atoms with van der Waals surface area (Å²) in [7, 11) is 0. The van der Waals surface area contributed by atoms with Gasteiger partial charge in [0.15, 0.2) is 0 Å². The number of hydrogen-bond acceptors (Lipinski definition) is 5. The van der Waals surface area contributed by atoms with Gasteiger partial charge in [0, 0.05) is 12.6 Å². The summed E-state index contributed by atoms with van der Waals surface area (Å²) >= 11 is 0. The van der Waals surface area contributed by atoms with Crippen LogP contribution >= 0.6 is 0 Å². The molecule has 6 nitrogen and oxygen atoms in total. The number of primary amides is 1. The monoisotopic (exact) mass is 330 g/mol. The van der Waals surface area contributed by atoms with Crippen molar-refractivity contribution in [2.24, 2.45) is 5.73 Å². The van der Waals surface area contributed by atoms with Gasteiger partial charge in [-0.05, 0) is 30.7 Å². The zero-order chi connectivity index (χ0) is 17.4. The van der Waals surface area contributed by atoms with Gasteiger partial charge in [0.2, 0.25) is 0 Å². The fraction of sp³-hybridized carbons (Fsp3) is 0.278. The number of amides is 1. The molecule has 0 saturated heterocycles. The highest BCUT2D eigenvalue weighted by Gasteiger charge is 2.08. The standard InChI is InChI=1S/C18H22N2O4/c19-18(23)15-8-7-14(11-16(15)21)24-10-4-9-20-12-17(22)13-5-2-1-3-6-13/h1-3,5-8,11,17,20-22H,4,9-10,12H2,(H2,19,23). The number of hydrogen-bond donors (Lipinski definition) is 4. The largest absolute Gasteiger partial charge is 0.507 e. The molecule has 1 atom stereocenters. The average molecular weight is 330 g/mol. The summed E-state index contributed by atoms with van der Waals surface area (Å²) in [4.78, 5) is 11.0. The number of benzene rings is 2. The van der Waals surface area contributed by atoms with Gasteiger partial charge in [-0.1, -0.05) is 30.3 Å². The van der Waals surface area contributed by atoms with Crippen molar-refractivity contribution in [3.8, 4) is 11.5 Å². The van der Waals surface area contributed by atoms with Gasteiger partial charge in [0.05, 0.1) is 18.3 Å². The number of nitrogens with one attached hydrogen (secondary N) is 1. The van der Waals surface area contributed by atoms with Crippen LogP contribution in [0.3, 0.4) is 0 Å². The number of aliphatic hydroxyl groups excluding tert-OH is 1. The first-order chi connectivity index (χ1) is 11.6. The van der Waals surface area contributed by atoms with Gasteiger partial charge in [-0.2, -0.15) is 0 Å². The van der Waals surface area contributed by atoms with E-state index in [-0.39, 0.29) is 11.3 Å². The molecule has 2 aromatic rings. The maximum Gasteiger partial charge on any atom is 0.252 e. The number of aliphatic hydroxyl groups is 1. The molecule has 0 heterocycles. The van der Waals surface area contributed by atoms with Crippen molar-refractivity contribution in [3.63, 3.8) is 0 Å². The van der Waals surface area contributed by atoms with E-state index in [1.165, 1.54) is 12.1 Å². The Bertz CT molecular complexity index is 661. The topological polar surface area (TPSA) is 105 Å². The van der Waals surface area contributed by atoms with E-state index in [0.717, 1.165) is 12.0 Å². The van der Waals surface area contributed by atoms with Gasteiger partial charge in [-0.25, -0.2) is 0 Å². The van der Waals surface area contributed by atoms with Crippen molar-refractivity contribution < 1.29 is 19.7 Å². The van der Waals surface area contributed by atoms with Crippen molar-refractivity contribution in [2.45, 2.75) is 12.5 Å². The molecule has 1 unspecified atom stereocenters. The molecule has 128 valence electrons. The van der Waals surface area contributed by atoms with Crippen molar-refractivity contribution in [3.05, 3.63) is 59.7 Å². The van der Waals surface area contributed by atoms with Gasteiger partial charge in [-0.3, -0.25) is 4.79 Å². The molecule has 0 aliphatic heterocycles. The van der Waals surface area contributed by atoms with Gasteiger partial charge in [0.1, 0.15) is 11.5 Å². The van der Waals surface area contributed by atoms with E-state index >= 15 is 0 Å². The molecule has 2 aromatic carbocycles. The number of nitrogens with two attached hydrogens (primary N) is 1. The van der Waals surface area contributed by atoms with Crippen molar-refractivity contribution in [1.29, 1.82) is 0 Å². The summed E-state index contributed by atoms with van der Waals surface area (Å²) in [5, 5.41) is 22.8. The van der Waals surface area contributed by atoms with E-state index in [4.69, 9.17) is 10.5 Å². The third-order valence-corrected chi connectivity index (χ3v) is 3.52. The van der Waals surface area contributed by atoms with Gasteiger partial charge < -0.3 is 26.0 Å². The van der Waals surface area contributed by atoms with Crippen LogP contribution in [0.25, 0.3) is 0 Å². The summed E-state index contributed by atoms with van der Waals surface area (Å²) in [5.74, 6) is -0.397. The lowest BCUT2D eigenvalue weighted by Crippen LogP contribution is -2.23. The molecule has 0 aromatic heterocycles. The van der Waals surface area contributed by atoms with E-state index in [1.807, 2.05) is 30.3 Å². The first-order valence-electron chi connectivity index (χ1n) is 7.77. The zero-order valence-corrected chi connectivity index (χ0v) is 13.3. The Morgan fingerprint density at radius 3 is 2.62 bits per heavy atom. The zero-order valence-electron chi connectivity index (χ0n) is 13.3. The fourth-order valence-corrected chi connectivity index (χ4v) is 2.23. The number of carbonyl (C=O) groups excluding carboxylic acids is 1. The molecule has 5 N–H and O–H groups in total. The highest BCUT2D eigenvalue weighted by molar-refractivity contribution is 5.95. The van der Waals surface area contributed by atoms with E-state index in [9.17, 15) is 15.0 Å². The molecule has 0 radical (unpaired) electrons. The minimum atomic E-state index is -0.680. The third-order valence-electron chi connectivity index (χ3n) is 3.52. The lowest BCUT2D eigenvalue weighted by Gasteiger charge is -2.12. The molecule has 1 amide bonds. The molecule has 0 aliphatic rings. The Hall–Kier alpha value is -2.57. The smallest absolute Gasteiger partial charge is 0.252 e. The summed E-state index contributed by atoms with van der Waals surface area (Å²) < 4.78 is 5.50. The van der Waals surface area contributed by atoms with Gasteiger partial charge >= 0.3 is 0 Å². The van der Waals surface area contributed by atoms with E-state index in [0.29, 0.717) is 25.4 Å². The predicted molar refractivity (Wildman–Crippen MR) is 91.0 cm³/mol. The second-order valence-electron chi connectivity index (χ2n) is 5.38. The van der Waals surface area contributed by atoms with Crippen molar-refractivity contribution in [1.82, 2.24) is 5.32 Å². The van der Waals surface area contributed by atoms with Crippen molar-refractivity contribution >= 4 is 5.91 Å². The molecule has 0 fully saturated rings. The highest BCUT2D eigenvalue weighted by Crippen LogP contribution is 2.23. The van der Waals surface area contributed by atoms with Gasteiger partial charge in [0.25, 0.3) is 5.91 Å². The van der Waals surface area contributed by atoms with Crippen LogP contribution in [-0.4, -0.2) is 35.8 Å². The lowest BCUT2D eigenvalue weighted by molar-refractivity contribution is 0.0997. The Labute approximate surface area is 140 Å². The Morgan fingerprint density at radius 1 is 1.21 bits per heavy atom. The number of carbonyl (C=O) groups is 1. The molecule has 6 heteroatoms. The predicted octanol–water partition coefficient (Wildman–Crippen LogP) is 1.58. The second-order valence-corrected chi connectivity index (χ2v) is 5.38. The Kier molecular flexibility index (Phi) is 6.60. The van der Waals surface area contributed by atoms with Gasteiger partial charge in [-0.15, -0.1) is 0 Å². The lowest BCUT2D eigenvalue weighted by atomic mass is 10.1. The van der Waals surface area contributed by atoms with Crippen LogP contribution in [0.1, 0.15) is 28.4 Å². The van der Waals surface area contributed by atoms with Crippen molar-refractivity contribution in [2.75, 3.05) is 19.7 Å². The second kappa shape index (κ2) is 8.90. The maximum absolute atomic E-state index is 11.0. The number of aromatic hydroxyl groups is 1. The third kappa shape index (κ3) is 5.26. The molecule has 2 rings (SSSR count). The molecule has 0 saturated carbocycles. The molecular weight excluding hydrogens is 308 g/mol. The number of phenols is 1. The van der Waals surface area contributed by atoms with Crippen LogP contribution in [0, 0.1) is 0 Å². The SMILES string of the molecule is NC(=O)c1ccc(OCCCNCC(O)c2ccccc2)cc1O. The number of ether oxygens (including phenoxy) is 1.